The molecule has 0 bridgehead atoms. The molecule has 0 radical (unpaired) electrons. The number of benzene rings is 1. The molecular weight excluding hydrogens is 202 g/mol. The van der Waals surface area contributed by atoms with E-state index in [0.717, 1.165) is 43.9 Å². The molecule has 1 heterocycles. The topological polar surface area (TPSA) is 63.1 Å². The van der Waals surface area contributed by atoms with Crippen LogP contribution in [0.2, 0.25) is 0 Å². The average Bonchev–Trinajstić information content (AvgIpc) is 2.57. The SMILES string of the molecule is [NH3+]c1ccccc1C(O)N1CCCNCC1. The molecule has 1 atom stereocenters. The molecule has 16 heavy (non-hydrogen) atoms. The van der Waals surface area contributed by atoms with Crippen molar-refractivity contribution in [2.24, 2.45) is 0 Å². The third-order valence-corrected chi connectivity index (χ3v) is 3.05. The number of nitrogens with zero attached hydrogens (tertiary/aromatic N) is 1. The Morgan fingerprint density at radius 2 is 2.06 bits per heavy atom. The predicted molar refractivity (Wildman–Crippen MR) is 63.0 cm³/mol. The molecule has 1 unspecified atom stereocenters. The van der Waals surface area contributed by atoms with Crippen LogP contribution in [0.25, 0.3) is 0 Å². The summed E-state index contributed by atoms with van der Waals surface area (Å²) in [6.07, 6.45) is 0.560. The molecule has 5 N–H and O–H groups in total. The van der Waals surface area contributed by atoms with Gasteiger partial charge < -0.3 is 16.2 Å². The first kappa shape index (κ1) is 11.5. The van der Waals surface area contributed by atoms with E-state index in [1.54, 1.807) is 0 Å². The molecule has 1 aliphatic rings. The van der Waals surface area contributed by atoms with Gasteiger partial charge in [-0.3, -0.25) is 4.90 Å². The zero-order chi connectivity index (χ0) is 11.4. The molecule has 2 rings (SSSR count). The van der Waals surface area contributed by atoms with Crippen molar-refractivity contribution in [3.63, 3.8) is 0 Å². The lowest BCUT2D eigenvalue weighted by Crippen LogP contribution is -2.43. The smallest absolute Gasteiger partial charge is 0.139 e. The van der Waals surface area contributed by atoms with Crippen molar-refractivity contribution in [3.05, 3.63) is 29.8 Å². The second-order valence-electron chi connectivity index (χ2n) is 4.21. The van der Waals surface area contributed by atoms with E-state index in [4.69, 9.17) is 0 Å². The lowest BCUT2D eigenvalue weighted by Gasteiger charge is -2.26. The second kappa shape index (κ2) is 5.41. The van der Waals surface area contributed by atoms with Crippen molar-refractivity contribution < 1.29 is 10.8 Å². The van der Waals surface area contributed by atoms with Crippen molar-refractivity contribution in [2.45, 2.75) is 12.6 Å². The maximum Gasteiger partial charge on any atom is 0.139 e. The fraction of sp³-hybridized carbons (Fsp3) is 0.500. The Labute approximate surface area is 96.1 Å². The van der Waals surface area contributed by atoms with E-state index < -0.39 is 6.23 Å². The van der Waals surface area contributed by atoms with Crippen LogP contribution < -0.4 is 11.1 Å². The Hall–Kier alpha value is -0.940. The van der Waals surface area contributed by atoms with E-state index in [0.29, 0.717) is 0 Å². The molecule has 0 aliphatic carbocycles. The van der Waals surface area contributed by atoms with Gasteiger partial charge in [0.25, 0.3) is 0 Å². The summed E-state index contributed by atoms with van der Waals surface area (Å²) in [5.41, 5.74) is 5.79. The van der Waals surface area contributed by atoms with E-state index in [1.165, 1.54) is 0 Å². The van der Waals surface area contributed by atoms with Gasteiger partial charge in [0, 0.05) is 19.6 Å². The van der Waals surface area contributed by atoms with E-state index in [9.17, 15) is 5.11 Å². The molecular formula is C12H20N3O+. The number of hydrogen-bond acceptors (Lipinski definition) is 3. The Balaban J connectivity index is 2.11. The third-order valence-electron chi connectivity index (χ3n) is 3.05. The van der Waals surface area contributed by atoms with Crippen molar-refractivity contribution in [1.82, 2.24) is 10.2 Å². The van der Waals surface area contributed by atoms with Gasteiger partial charge in [-0.25, -0.2) is 0 Å². The lowest BCUT2D eigenvalue weighted by molar-refractivity contribution is -0.257. The van der Waals surface area contributed by atoms with Gasteiger partial charge in [-0.2, -0.15) is 0 Å². The normalized spacial score (nSPS) is 20.4. The van der Waals surface area contributed by atoms with Gasteiger partial charge in [-0.05, 0) is 25.1 Å². The molecule has 0 spiro atoms. The van der Waals surface area contributed by atoms with Crippen LogP contribution in [0, 0.1) is 0 Å². The first-order valence-electron chi connectivity index (χ1n) is 5.83. The first-order chi connectivity index (χ1) is 7.79. The van der Waals surface area contributed by atoms with Crippen molar-refractivity contribution in [1.29, 1.82) is 0 Å². The van der Waals surface area contributed by atoms with Crippen LogP contribution in [0.15, 0.2) is 24.3 Å². The Kier molecular flexibility index (Phi) is 3.90. The van der Waals surface area contributed by atoms with Crippen LogP contribution in [-0.4, -0.2) is 36.2 Å². The number of rotatable bonds is 2. The molecule has 0 aromatic heterocycles. The van der Waals surface area contributed by atoms with Gasteiger partial charge in [-0.1, -0.05) is 12.1 Å². The molecule has 4 nitrogen and oxygen atoms in total. The van der Waals surface area contributed by atoms with E-state index in [-0.39, 0.29) is 0 Å². The highest BCUT2D eigenvalue weighted by Crippen LogP contribution is 2.22. The quantitative estimate of drug-likeness (QED) is 0.652. The van der Waals surface area contributed by atoms with Crippen molar-refractivity contribution in [2.75, 3.05) is 26.2 Å². The Morgan fingerprint density at radius 1 is 1.25 bits per heavy atom. The molecule has 1 aromatic carbocycles. The molecule has 88 valence electrons. The summed E-state index contributed by atoms with van der Waals surface area (Å²) >= 11 is 0. The van der Waals surface area contributed by atoms with Crippen molar-refractivity contribution >= 4 is 5.69 Å². The van der Waals surface area contributed by atoms with Crippen LogP contribution in [0.1, 0.15) is 18.2 Å². The highest BCUT2D eigenvalue weighted by molar-refractivity contribution is 5.39. The number of aliphatic hydroxyl groups is 1. The summed E-state index contributed by atoms with van der Waals surface area (Å²) in [4.78, 5) is 2.10. The minimum atomic E-state index is -0.520. The number of hydrogen-bond donors (Lipinski definition) is 3. The average molecular weight is 222 g/mol. The van der Waals surface area contributed by atoms with Crippen LogP contribution in [-0.2, 0) is 0 Å². The van der Waals surface area contributed by atoms with Gasteiger partial charge in [0.15, 0.2) is 0 Å². The van der Waals surface area contributed by atoms with Gasteiger partial charge in [-0.15, -0.1) is 0 Å². The maximum atomic E-state index is 10.3. The van der Waals surface area contributed by atoms with Crippen LogP contribution in [0.5, 0.6) is 0 Å². The first-order valence-corrected chi connectivity index (χ1v) is 5.83. The number of quaternary nitrogens is 1. The van der Waals surface area contributed by atoms with Gasteiger partial charge >= 0.3 is 0 Å². The molecule has 1 aromatic rings. The summed E-state index contributed by atoms with van der Waals surface area (Å²) in [7, 11) is 0. The number of aliphatic hydroxyl groups excluding tert-OH is 1. The molecule has 1 saturated heterocycles. The largest absolute Gasteiger partial charge is 0.374 e. The molecule has 0 saturated carbocycles. The number of nitrogens with one attached hydrogen (secondary N) is 1. The fourth-order valence-electron chi connectivity index (χ4n) is 2.09. The zero-order valence-corrected chi connectivity index (χ0v) is 9.52. The second-order valence-corrected chi connectivity index (χ2v) is 4.21. The summed E-state index contributed by atoms with van der Waals surface area (Å²) in [6.45, 7) is 3.80. The summed E-state index contributed by atoms with van der Waals surface area (Å²) in [5, 5.41) is 13.6. The highest BCUT2D eigenvalue weighted by atomic mass is 16.3. The van der Waals surface area contributed by atoms with Crippen molar-refractivity contribution in [3.8, 4) is 0 Å². The van der Waals surface area contributed by atoms with E-state index in [2.05, 4.69) is 16.0 Å². The molecule has 4 heteroatoms. The molecule has 1 fully saturated rings. The summed E-state index contributed by atoms with van der Waals surface area (Å²) in [5.74, 6) is 0. The van der Waals surface area contributed by atoms with Crippen LogP contribution >= 0.6 is 0 Å². The van der Waals surface area contributed by atoms with E-state index in [1.807, 2.05) is 24.3 Å². The maximum absolute atomic E-state index is 10.3. The Bertz CT molecular complexity index is 335. The van der Waals surface area contributed by atoms with E-state index >= 15 is 0 Å². The summed E-state index contributed by atoms with van der Waals surface area (Å²) < 4.78 is 0. The van der Waals surface area contributed by atoms with Gasteiger partial charge in [0.1, 0.15) is 11.9 Å². The molecule has 1 aliphatic heterocycles. The zero-order valence-electron chi connectivity index (χ0n) is 9.52. The molecule has 0 amide bonds. The van der Waals surface area contributed by atoms with Gasteiger partial charge in [0.2, 0.25) is 0 Å². The standard InChI is InChI=1S/C12H19N3O/c13-11-5-2-1-4-10(11)12(16)15-8-3-6-14-7-9-15/h1-2,4-5,12,14,16H,3,6-9,13H2/p+1. The lowest BCUT2D eigenvalue weighted by atomic mass is 10.1. The minimum absolute atomic E-state index is 0.520. The summed E-state index contributed by atoms with van der Waals surface area (Å²) in [6, 6.07) is 7.78. The minimum Gasteiger partial charge on any atom is -0.374 e. The third kappa shape index (κ3) is 2.59. The predicted octanol–water partition coefficient (Wildman–Crippen LogP) is -0.154. The van der Waals surface area contributed by atoms with Crippen LogP contribution in [0.4, 0.5) is 5.69 Å². The highest BCUT2D eigenvalue weighted by Gasteiger charge is 2.21. The van der Waals surface area contributed by atoms with Gasteiger partial charge in [0.05, 0.1) is 5.56 Å². The van der Waals surface area contributed by atoms with Crippen LogP contribution in [0.3, 0.4) is 0 Å². The fourth-order valence-corrected chi connectivity index (χ4v) is 2.09. The monoisotopic (exact) mass is 222 g/mol. The Morgan fingerprint density at radius 3 is 2.88 bits per heavy atom.